The highest BCUT2D eigenvalue weighted by atomic mass is 127. The Morgan fingerprint density at radius 3 is 2.79 bits per heavy atom. The quantitative estimate of drug-likeness (QED) is 0.566. The molecule has 0 bridgehead atoms. The van der Waals surface area contributed by atoms with Crippen LogP contribution in [0, 0.1) is 9.49 Å². The average molecular weight is 376 g/mol. The Balaban J connectivity index is 2.13. The van der Waals surface area contributed by atoms with Gasteiger partial charge < -0.3 is 15.4 Å². The number of hydrogen-bond donors (Lipinski definition) is 2. The molecule has 0 spiro atoms. The van der Waals surface area contributed by atoms with Gasteiger partial charge in [0.25, 0.3) is 0 Å². The maximum atomic E-state index is 11.6. The molecule has 5 heteroatoms. The second kappa shape index (κ2) is 9.14. The van der Waals surface area contributed by atoms with Gasteiger partial charge >= 0.3 is 6.03 Å². The monoisotopic (exact) mass is 376 g/mol. The van der Waals surface area contributed by atoms with E-state index >= 15 is 0 Å². The van der Waals surface area contributed by atoms with Crippen molar-refractivity contribution >= 4 is 34.3 Å². The maximum absolute atomic E-state index is 11.6. The highest BCUT2D eigenvalue weighted by Gasteiger charge is 2.03. The third-order valence-electron chi connectivity index (χ3n) is 2.32. The number of anilines is 1. The van der Waals surface area contributed by atoms with E-state index in [0.717, 1.165) is 22.3 Å². The zero-order chi connectivity index (χ0) is 14.1. The van der Waals surface area contributed by atoms with Crippen LogP contribution in [0.2, 0.25) is 0 Å². The third-order valence-corrected chi connectivity index (χ3v) is 3.26. The number of halogens is 1. The summed E-state index contributed by atoms with van der Waals surface area (Å²) >= 11 is 2.19. The third kappa shape index (κ3) is 7.37. The molecule has 0 unspecified atom stereocenters. The number of benzene rings is 1. The summed E-state index contributed by atoms with van der Waals surface area (Å²) in [4.78, 5) is 11.6. The van der Waals surface area contributed by atoms with Crippen LogP contribution in [0.3, 0.4) is 0 Å². The molecule has 0 aliphatic heterocycles. The van der Waals surface area contributed by atoms with E-state index in [0.29, 0.717) is 19.1 Å². The molecule has 19 heavy (non-hydrogen) atoms. The molecule has 0 fully saturated rings. The lowest BCUT2D eigenvalue weighted by atomic mass is 10.2. The first-order chi connectivity index (χ1) is 9.09. The van der Waals surface area contributed by atoms with Crippen molar-refractivity contribution in [1.82, 2.24) is 5.32 Å². The van der Waals surface area contributed by atoms with Gasteiger partial charge in [0, 0.05) is 23.3 Å². The number of hydrogen-bond acceptors (Lipinski definition) is 2. The Morgan fingerprint density at radius 2 is 2.11 bits per heavy atom. The fourth-order valence-corrected chi connectivity index (χ4v) is 1.95. The summed E-state index contributed by atoms with van der Waals surface area (Å²) in [6.45, 7) is 6.31. The van der Waals surface area contributed by atoms with Gasteiger partial charge in [0.1, 0.15) is 0 Å². The molecule has 1 rings (SSSR count). The van der Waals surface area contributed by atoms with Crippen molar-refractivity contribution in [2.45, 2.75) is 20.3 Å². The Kier molecular flexibility index (Phi) is 7.81. The molecule has 0 atom stereocenters. The van der Waals surface area contributed by atoms with Crippen LogP contribution in [0.4, 0.5) is 10.5 Å². The highest BCUT2D eigenvalue weighted by molar-refractivity contribution is 14.1. The van der Waals surface area contributed by atoms with E-state index in [1.54, 1.807) is 0 Å². The molecule has 0 heterocycles. The van der Waals surface area contributed by atoms with Crippen LogP contribution < -0.4 is 10.6 Å². The topological polar surface area (TPSA) is 50.4 Å². The largest absolute Gasteiger partial charge is 0.381 e. The van der Waals surface area contributed by atoms with Gasteiger partial charge in [-0.25, -0.2) is 4.79 Å². The van der Waals surface area contributed by atoms with E-state index in [1.165, 1.54) is 0 Å². The molecule has 1 aromatic rings. The molecule has 0 aliphatic carbocycles. The lowest BCUT2D eigenvalue weighted by molar-refractivity contribution is 0.108. The number of rotatable bonds is 7. The lowest BCUT2D eigenvalue weighted by Crippen LogP contribution is -2.30. The van der Waals surface area contributed by atoms with Crippen LogP contribution in [0.5, 0.6) is 0 Å². The van der Waals surface area contributed by atoms with Crippen molar-refractivity contribution in [2.75, 3.05) is 25.1 Å². The van der Waals surface area contributed by atoms with Crippen molar-refractivity contribution in [3.63, 3.8) is 0 Å². The predicted octanol–water partition coefficient (Wildman–Crippen LogP) is 3.48. The van der Waals surface area contributed by atoms with E-state index in [1.807, 2.05) is 24.3 Å². The van der Waals surface area contributed by atoms with Crippen molar-refractivity contribution in [2.24, 2.45) is 5.92 Å². The van der Waals surface area contributed by atoms with E-state index in [2.05, 4.69) is 47.1 Å². The Hall–Kier alpha value is -0.820. The zero-order valence-electron chi connectivity index (χ0n) is 11.4. The summed E-state index contributed by atoms with van der Waals surface area (Å²) in [6, 6.07) is 7.50. The minimum absolute atomic E-state index is 0.173. The fourth-order valence-electron chi connectivity index (χ4n) is 1.42. The van der Waals surface area contributed by atoms with Crippen molar-refractivity contribution in [1.29, 1.82) is 0 Å². The number of para-hydroxylation sites is 1. The molecular formula is C14H21IN2O2. The molecule has 106 valence electrons. The molecule has 2 amide bonds. The molecule has 0 saturated carbocycles. The molecule has 0 radical (unpaired) electrons. The van der Waals surface area contributed by atoms with Crippen LogP contribution in [0.25, 0.3) is 0 Å². The Labute approximate surface area is 128 Å². The number of nitrogens with one attached hydrogen (secondary N) is 2. The van der Waals surface area contributed by atoms with Gasteiger partial charge in [0.2, 0.25) is 0 Å². The van der Waals surface area contributed by atoms with Crippen LogP contribution >= 0.6 is 22.6 Å². The van der Waals surface area contributed by atoms with E-state index in [9.17, 15) is 4.79 Å². The lowest BCUT2D eigenvalue weighted by Gasteiger charge is -2.09. The first kappa shape index (κ1) is 16.2. The number of carbonyl (C=O) groups is 1. The minimum Gasteiger partial charge on any atom is -0.381 e. The summed E-state index contributed by atoms with van der Waals surface area (Å²) in [5.41, 5.74) is 0.830. The van der Waals surface area contributed by atoms with Gasteiger partial charge in [0.15, 0.2) is 0 Å². The van der Waals surface area contributed by atoms with Crippen LogP contribution in [0.15, 0.2) is 24.3 Å². The molecular weight excluding hydrogens is 355 g/mol. The zero-order valence-corrected chi connectivity index (χ0v) is 13.6. The smallest absolute Gasteiger partial charge is 0.319 e. The minimum atomic E-state index is -0.173. The summed E-state index contributed by atoms with van der Waals surface area (Å²) in [7, 11) is 0. The fraction of sp³-hybridized carbons (Fsp3) is 0.500. The van der Waals surface area contributed by atoms with Crippen LogP contribution in [-0.2, 0) is 4.74 Å². The Bertz CT molecular complexity index is 397. The van der Waals surface area contributed by atoms with E-state index in [4.69, 9.17) is 4.74 Å². The van der Waals surface area contributed by atoms with Gasteiger partial charge in [0.05, 0.1) is 5.69 Å². The Morgan fingerprint density at radius 1 is 1.37 bits per heavy atom. The number of amides is 2. The summed E-state index contributed by atoms with van der Waals surface area (Å²) in [5.74, 6) is 0.552. The molecule has 4 nitrogen and oxygen atoms in total. The molecule has 0 aliphatic rings. The van der Waals surface area contributed by atoms with Crippen molar-refractivity contribution in [3.8, 4) is 0 Å². The maximum Gasteiger partial charge on any atom is 0.319 e. The standard InChI is InChI=1S/C14H21IN2O2/c1-11(2)10-19-9-5-8-16-14(18)17-13-7-4-3-6-12(13)15/h3-4,6-7,11H,5,8-10H2,1-2H3,(H2,16,17,18). The van der Waals surface area contributed by atoms with Crippen LogP contribution in [-0.4, -0.2) is 25.8 Å². The molecule has 0 saturated heterocycles. The van der Waals surface area contributed by atoms with Gasteiger partial charge in [-0.1, -0.05) is 26.0 Å². The average Bonchev–Trinajstić information content (AvgIpc) is 2.36. The highest BCUT2D eigenvalue weighted by Crippen LogP contribution is 2.16. The summed E-state index contributed by atoms with van der Waals surface area (Å²) < 4.78 is 6.46. The van der Waals surface area contributed by atoms with Gasteiger partial charge in [-0.05, 0) is 47.1 Å². The first-order valence-electron chi connectivity index (χ1n) is 6.46. The second-order valence-electron chi connectivity index (χ2n) is 4.68. The molecule has 2 N–H and O–H groups in total. The number of carbonyl (C=O) groups excluding carboxylic acids is 1. The predicted molar refractivity (Wildman–Crippen MR) is 86.5 cm³/mol. The second-order valence-corrected chi connectivity index (χ2v) is 5.85. The van der Waals surface area contributed by atoms with Gasteiger partial charge in [-0.3, -0.25) is 0 Å². The first-order valence-corrected chi connectivity index (χ1v) is 7.54. The van der Waals surface area contributed by atoms with Crippen molar-refractivity contribution in [3.05, 3.63) is 27.8 Å². The number of ether oxygens (including phenoxy) is 1. The van der Waals surface area contributed by atoms with Crippen LogP contribution in [0.1, 0.15) is 20.3 Å². The summed E-state index contributed by atoms with van der Waals surface area (Å²) in [5, 5.41) is 5.63. The van der Waals surface area contributed by atoms with E-state index < -0.39 is 0 Å². The van der Waals surface area contributed by atoms with E-state index in [-0.39, 0.29) is 6.03 Å². The normalized spacial score (nSPS) is 10.5. The van der Waals surface area contributed by atoms with Crippen molar-refractivity contribution < 1.29 is 9.53 Å². The molecule has 0 aromatic heterocycles. The summed E-state index contributed by atoms with van der Waals surface area (Å²) in [6.07, 6.45) is 0.825. The SMILES string of the molecule is CC(C)COCCCNC(=O)Nc1ccccc1I. The molecule has 1 aromatic carbocycles. The van der Waals surface area contributed by atoms with Gasteiger partial charge in [-0.2, -0.15) is 0 Å². The number of urea groups is 1. The van der Waals surface area contributed by atoms with Gasteiger partial charge in [-0.15, -0.1) is 0 Å².